The lowest BCUT2D eigenvalue weighted by Crippen LogP contribution is -2.49. The zero-order valence-corrected chi connectivity index (χ0v) is 25.3. The van der Waals surface area contributed by atoms with Gasteiger partial charge in [0.25, 0.3) is 0 Å². The molecule has 1 saturated carbocycles. The summed E-state index contributed by atoms with van der Waals surface area (Å²) in [5.74, 6) is 0.249. The smallest absolute Gasteiger partial charge is 0.316 e. The lowest BCUT2D eigenvalue weighted by Gasteiger charge is -2.36. The van der Waals surface area contributed by atoms with Crippen LogP contribution in [0, 0.1) is 0 Å². The van der Waals surface area contributed by atoms with Crippen LogP contribution in [0.1, 0.15) is 25.7 Å². The highest BCUT2D eigenvalue weighted by atomic mass is 35.5. The summed E-state index contributed by atoms with van der Waals surface area (Å²) in [7, 11) is 0.135. The van der Waals surface area contributed by atoms with Gasteiger partial charge in [-0.15, -0.1) is 0 Å². The van der Waals surface area contributed by atoms with Crippen LogP contribution < -0.4 is 20.1 Å². The highest BCUT2D eigenvalue weighted by Gasteiger charge is 2.32. The van der Waals surface area contributed by atoms with Gasteiger partial charge in [0.05, 0.1) is 22.9 Å². The van der Waals surface area contributed by atoms with Crippen molar-refractivity contribution in [1.29, 1.82) is 0 Å². The molecular weight excluding hydrogens is 574 g/mol. The lowest BCUT2D eigenvalue weighted by atomic mass is 10.1. The van der Waals surface area contributed by atoms with Crippen molar-refractivity contribution in [3.05, 3.63) is 82.2 Å². The van der Waals surface area contributed by atoms with E-state index >= 15 is 0 Å². The Morgan fingerprint density at radius 1 is 0.929 bits per heavy atom. The van der Waals surface area contributed by atoms with Crippen LogP contribution in [0.4, 0.5) is 11.4 Å². The number of sulfonamides is 1. The molecule has 4 aromatic rings. The molecule has 1 aromatic heterocycles. The maximum Gasteiger partial charge on any atom is 0.316 e. The van der Waals surface area contributed by atoms with Crippen LogP contribution >= 0.6 is 11.6 Å². The number of halogens is 1. The zero-order valence-electron chi connectivity index (χ0n) is 23.7. The zero-order chi connectivity index (χ0) is 29.4. The van der Waals surface area contributed by atoms with E-state index in [1.165, 1.54) is 8.99 Å². The Hall–Kier alpha value is -3.60. The molecule has 2 fully saturated rings. The number of hydrogen-bond acceptors (Lipinski definition) is 7. The third-order valence-corrected chi connectivity index (χ3v) is 10.3. The molecule has 1 aliphatic carbocycles. The van der Waals surface area contributed by atoms with Gasteiger partial charge in [-0.2, -0.15) is 14.1 Å². The van der Waals surface area contributed by atoms with Gasteiger partial charge in [-0.25, -0.2) is 8.42 Å². The lowest BCUT2D eigenvalue weighted by molar-refractivity contribution is 0.205. The molecule has 0 unspecified atom stereocenters. The Balaban J connectivity index is 1.29. The summed E-state index contributed by atoms with van der Waals surface area (Å²) in [6.07, 6.45) is 5.52. The van der Waals surface area contributed by atoms with E-state index in [9.17, 15) is 13.2 Å². The molecule has 0 radical (unpaired) electrons. The largest absolute Gasteiger partial charge is 0.483 e. The number of benzene rings is 3. The summed E-state index contributed by atoms with van der Waals surface area (Å²) in [5.41, 5.74) is 1.75. The van der Waals surface area contributed by atoms with Gasteiger partial charge in [0.1, 0.15) is 5.69 Å². The Labute approximate surface area is 250 Å². The van der Waals surface area contributed by atoms with E-state index in [4.69, 9.17) is 16.3 Å². The number of ether oxygens (including phenoxy) is 1. The molecule has 0 N–H and O–H groups in total. The fourth-order valence-electron chi connectivity index (χ4n) is 5.92. The second-order valence-electron chi connectivity index (χ2n) is 11.0. The topological polar surface area (TPSA) is 88.0 Å². The predicted molar refractivity (Wildman–Crippen MR) is 167 cm³/mol. The minimum atomic E-state index is -3.76. The summed E-state index contributed by atoms with van der Waals surface area (Å²) in [4.78, 5) is 18.0. The normalized spacial score (nSPS) is 16.7. The van der Waals surface area contributed by atoms with Gasteiger partial charge in [-0.3, -0.25) is 4.79 Å². The van der Waals surface area contributed by atoms with E-state index in [1.807, 2.05) is 48.2 Å². The van der Waals surface area contributed by atoms with Crippen molar-refractivity contribution in [2.45, 2.75) is 36.7 Å². The standard InChI is InChI=1S/C31H34ClN5O4S/c1-34(2)27-14-6-13-26-25(27)12-7-15-29(26)42(39,40)36-18-16-35(17-19-36)28-21-33-37(23-9-5-8-22(32)20-23)31(38)30(28)41-24-10-3-4-11-24/h5-9,12-15,20-21,24H,3-4,10-11,16-19H2,1-2H3. The molecule has 2 aliphatic rings. The van der Waals surface area contributed by atoms with Gasteiger partial charge in [-0.05, 0) is 56.0 Å². The Morgan fingerprint density at radius 3 is 2.33 bits per heavy atom. The van der Waals surface area contributed by atoms with Crippen molar-refractivity contribution in [1.82, 2.24) is 14.1 Å². The van der Waals surface area contributed by atoms with Crippen molar-refractivity contribution < 1.29 is 13.2 Å². The SMILES string of the molecule is CN(C)c1cccc2c(S(=O)(=O)N3CCN(c4cnn(-c5cccc(Cl)c5)c(=O)c4OC4CCCC4)CC3)cccc12. The maximum atomic E-state index is 13.9. The second kappa shape index (κ2) is 11.6. The van der Waals surface area contributed by atoms with E-state index in [0.717, 1.165) is 36.8 Å². The average Bonchev–Trinajstić information content (AvgIpc) is 3.51. The van der Waals surface area contributed by atoms with Crippen LogP contribution in [0.3, 0.4) is 0 Å². The third-order valence-electron chi connectivity index (χ3n) is 8.09. The summed E-state index contributed by atoms with van der Waals surface area (Å²) >= 11 is 6.19. The highest BCUT2D eigenvalue weighted by molar-refractivity contribution is 7.89. The van der Waals surface area contributed by atoms with Gasteiger partial charge >= 0.3 is 5.56 Å². The van der Waals surface area contributed by atoms with Gasteiger partial charge in [0, 0.05) is 61.8 Å². The van der Waals surface area contributed by atoms with Gasteiger partial charge in [0.15, 0.2) is 0 Å². The first-order valence-corrected chi connectivity index (χ1v) is 16.0. The van der Waals surface area contributed by atoms with E-state index in [1.54, 1.807) is 42.6 Å². The minimum absolute atomic E-state index is 0.0354. The molecule has 6 rings (SSSR count). The fraction of sp³-hybridized carbons (Fsp3) is 0.355. The molecule has 3 aromatic carbocycles. The Bertz CT molecular complexity index is 1780. The summed E-state index contributed by atoms with van der Waals surface area (Å²) in [5, 5.41) is 6.56. The van der Waals surface area contributed by atoms with E-state index in [2.05, 4.69) is 5.10 Å². The molecule has 2 heterocycles. The van der Waals surface area contributed by atoms with E-state index in [-0.39, 0.29) is 30.5 Å². The first-order valence-electron chi connectivity index (χ1n) is 14.2. The number of rotatable bonds is 7. The van der Waals surface area contributed by atoms with Crippen molar-refractivity contribution >= 4 is 43.8 Å². The first kappa shape index (κ1) is 28.5. The van der Waals surface area contributed by atoms with E-state index in [0.29, 0.717) is 39.8 Å². The van der Waals surface area contributed by atoms with Crippen molar-refractivity contribution in [2.24, 2.45) is 0 Å². The Kier molecular flexibility index (Phi) is 7.87. The van der Waals surface area contributed by atoms with Crippen LogP contribution in [-0.4, -0.2) is 68.9 Å². The Morgan fingerprint density at radius 2 is 1.62 bits per heavy atom. The van der Waals surface area contributed by atoms with Gasteiger partial charge < -0.3 is 14.5 Å². The average molecular weight is 608 g/mol. The minimum Gasteiger partial charge on any atom is -0.483 e. The maximum absolute atomic E-state index is 13.9. The molecule has 220 valence electrons. The third kappa shape index (κ3) is 5.34. The number of aromatic nitrogens is 2. The molecule has 0 bridgehead atoms. The molecule has 9 nitrogen and oxygen atoms in total. The molecule has 11 heteroatoms. The molecule has 1 aliphatic heterocycles. The van der Waals surface area contributed by atoms with Gasteiger partial charge in [-0.1, -0.05) is 41.9 Å². The second-order valence-corrected chi connectivity index (χ2v) is 13.3. The molecule has 0 amide bonds. The monoisotopic (exact) mass is 607 g/mol. The summed E-state index contributed by atoms with van der Waals surface area (Å²) in [6.45, 7) is 1.34. The van der Waals surface area contributed by atoms with Crippen LogP contribution in [-0.2, 0) is 10.0 Å². The molecular formula is C31H34ClN5O4S. The van der Waals surface area contributed by atoms with Crippen LogP contribution in [0.25, 0.3) is 16.5 Å². The number of fused-ring (bicyclic) bond motifs is 1. The molecule has 42 heavy (non-hydrogen) atoms. The van der Waals surface area contributed by atoms with Crippen LogP contribution in [0.5, 0.6) is 5.75 Å². The van der Waals surface area contributed by atoms with E-state index < -0.39 is 10.0 Å². The summed E-state index contributed by atoms with van der Waals surface area (Å²) < 4.78 is 37.0. The van der Waals surface area contributed by atoms with Crippen molar-refractivity contribution in [3.8, 4) is 11.4 Å². The first-order chi connectivity index (χ1) is 20.2. The fourth-order valence-corrected chi connectivity index (χ4v) is 7.73. The highest BCUT2D eigenvalue weighted by Crippen LogP contribution is 2.34. The molecule has 0 spiro atoms. The van der Waals surface area contributed by atoms with Gasteiger partial charge in [0.2, 0.25) is 15.8 Å². The van der Waals surface area contributed by atoms with Crippen LogP contribution in [0.2, 0.25) is 5.02 Å². The van der Waals surface area contributed by atoms with Crippen LogP contribution in [0.15, 0.2) is 76.6 Å². The number of hydrogen-bond donors (Lipinski definition) is 0. The number of nitrogens with zero attached hydrogens (tertiary/aromatic N) is 5. The van der Waals surface area contributed by atoms with Crippen molar-refractivity contribution in [3.63, 3.8) is 0 Å². The number of anilines is 2. The number of piperazine rings is 1. The predicted octanol–water partition coefficient (Wildman–Crippen LogP) is 4.94. The van der Waals surface area contributed by atoms with Crippen molar-refractivity contribution in [2.75, 3.05) is 50.1 Å². The molecule has 1 saturated heterocycles. The molecule has 0 atom stereocenters. The summed E-state index contributed by atoms with van der Waals surface area (Å²) in [6, 6.07) is 18.1. The quantitative estimate of drug-likeness (QED) is 0.294.